The van der Waals surface area contributed by atoms with Crippen LogP contribution in [0, 0.1) is 6.92 Å². The van der Waals surface area contributed by atoms with E-state index in [2.05, 4.69) is 10.2 Å². The second-order valence-electron chi connectivity index (χ2n) is 7.88. The maximum absolute atomic E-state index is 13.2. The first kappa shape index (κ1) is 20.6. The number of aryl methyl sites for hydroxylation is 2. The SMILES string of the molecule is CCn1c(O)c(N=NC(=O)c2cc(-c3ccccc3)nc3ccccc23)c2cc(C)ccc21. The van der Waals surface area contributed by atoms with E-state index < -0.39 is 5.91 Å². The highest BCUT2D eigenvalue weighted by Gasteiger charge is 2.18. The van der Waals surface area contributed by atoms with Gasteiger partial charge in [0.1, 0.15) is 0 Å². The Bertz CT molecular complexity index is 1530. The summed E-state index contributed by atoms with van der Waals surface area (Å²) in [5, 5.41) is 20.4. The van der Waals surface area contributed by atoms with E-state index in [-0.39, 0.29) is 5.88 Å². The lowest BCUT2D eigenvalue weighted by atomic mass is 10.0. The van der Waals surface area contributed by atoms with Crippen molar-refractivity contribution in [3.63, 3.8) is 0 Å². The van der Waals surface area contributed by atoms with Gasteiger partial charge >= 0.3 is 0 Å². The van der Waals surface area contributed by atoms with Gasteiger partial charge in [-0.3, -0.25) is 4.79 Å². The van der Waals surface area contributed by atoms with E-state index in [0.29, 0.717) is 34.4 Å². The Kier molecular flexibility index (Phi) is 5.18. The number of para-hydroxylation sites is 1. The first-order chi connectivity index (χ1) is 16.1. The monoisotopic (exact) mass is 434 g/mol. The smallest absolute Gasteiger partial charge is 0.296 e. The molecule has 0 saturated carbocycles. The molecule has 3 aromatic carbocycles. The van der Waals surface area contributed by atoms with Crippen LogP contribution in [0.2, 0.25) is 0 Å². The summed E-state index contributed by atoms with van der Waals surface area (Å²) in [7, 11) is 0. The van der Waals surface area contributed by atoms with Crippen molar-refractivity contribution in [3.05, 3.63) is 90.0 Å². The molecule has 0 saturated heterocycles. The molecule has 0 spiro atoms. The third-order valence-electron chi connectivity index (χ3n) is 5.74. The van der Waals surface area contributed by atoms with Gasteiger partial charge in [0.2, 0.25) is 5.88 Å². The molecule has 0 bridgehead atoms. The fourth-order valence-electron chi connectivity index (χ4n) is 4.11. The summed E-state index contributed by atoms with van der Waals surface area (Å²) in [6.07, 6.45) is 0. The van der Waals surface area contributed by atoms with E-state index >= 15 is 0 Å². The van der Waals surface area contributed by atoms with Crippen molar-refractivity contribution in [1.29, 1.82) is 0 Å². The number of hydrogen-bond donors (Lipinski definition) is 1. The Balaban J connectivity index is 1.62. The molecule has 1 N–H and O–H groups in total. The summed E-state index contributed by atoms with van der Waals surface area (Å²) in [4.78, 5) is 17.9. The van der Waals surface area contributed by atoms with E-state index in [1.807, 2.05) is 86.6 Å². The van der Waals surface area contributed by atoms with Crippen molar-refractivity contribution >= 4 is 33.4 Å². The number of aromatic hydroxyl groups is 1. The molecule has 6 heteroatoms. The van der Waals surface area contributed by atoms with E-state index in [9.17, 15) is 9.90 Å². The van der Waals surface area contributed by atoms with Crippen LogP contribution in [0.15, 0.2) is 89.1 Å². The molecular weight excluding hydrogens is 412 g/mol. The largest absolute Gasteiger partial charge is 0.493 e. The number of carbonyl (C=O) groups is 1. The van der Waals surface area contributed by atoms with Crippen molar-refractivity contribution in [1.82, 2.24) is 9.55 Å². The third-order valence-corrected chi connectivity index (χ3v) is 5.74. The highest BCUT2D eigenvalue weighted by Crippen LogP contribution is 2.39. The molecule has 0 aliphatic carbocycles. The van der Waals surface area contributed by atoms with Crippen LogP contribution < -0.4 is 0 Å². The second-order valence-corrected chi connectivity index (χ2v) is 7.88. The molecule has 2 heterocycles. The maximum Gasteiger partial charge on any atom is 0.296 e. The van der Waals surface area contributed by atoms with E-state index in [1.54, 1.807) is 10.6 Å². The zero-order valence-corrected chi connectivity index (χ0v) is 18.4. The number of hydrogen-bond acceptors (Lipinski definition) is 4. The van der Waals surface area contributed by atoms with Gasteiger partial charge in [-0.1, -0.05) is 60.2 Å². The lowest BCUT2D eigenvalue weighted by Crippen LogP contribution is -1.98. The van der Waals surface area contributed by atoms with E-state index in [0.717, 1.165) is 22.0 Å². The predicted molar refractivity (Wildman–Crippen MR) is 130 cm³/mol. The number of fused-ring (bicyclic) bond motifs is 2. The van der Waals surface area contributed by atoms with Crippen LogP contribution in [0.1, 0.15) is 22.8 Å². The zero-order chi connectivity index (χ0) is 22.9. The van der Waals surface area contributed by atoms with Gasteiger partial charge in [-0.2, -0.15) is 0 Å². The number of nitrogens with zero attached hydrogens (tertiary/aromatic N) is 4. The Labute approximate surface area is 190 Å². The Morgan fingerprint density at radius 1 is 0.970 bits per heavy atom. The van der Waals surface area contributed by atoms with E-state index in [4.69, 9.17) is 4.98 Å². The van der Waals surface area contributed by atoms with Crippen LogP contribution >= 0.6 is 0 Å². The molecule has 0 radical (unpaired) electrons. The summed E-state index contributed by atoms with van der Waals surface area (Å²) >= 11 is 0. The van der Waals surface area contributed by atoms with Crippen molar-refractivity contribution in [2.75, 3.05) is 0 Å². The summed E-state index contributed by atoms with van der Waals surface area (Å²) in [6, 6.07) is 24.8. The number of rotatable bonds is 4. The number of carbonyl (C=O) groups excluding carboxylic acids is 1. The highest BCUT2D eigenvalue weighted by molar-refractivity contribution is 6.07. The van der Waals surface area contributed by atoms with Gasteiger partial charge in [0.15, 0.2) is 5.69 Å². The van der Waals surface area contributed by atoms with Gasteiger partial charge in [0.25, 0.3) is 5.91 Å². The number of aromatic nitrogens is 2. The van der Waals surface area contributed by atoms with Crippen LogP contribution in [0.4, 0.5) is 5.69 Å². The van der Waals surface area contributed by atoms with Gasteiger partial charge in [-0.05, 0) is 38.1 Å². The molecule has 0 fully saturated rings. The summed E-state index contributed by atoms with van der Waals surface area (Å²) < 4.78 is 1.75. The molecule has 0 atom stereocenters. The molecule has 1 amide bonds. The molecule has 162 valence electrons. The highest BCUT2D eigenvalue weighted by atomic mass is 16.3. The summed E-state index contributed by atoms with van der Waals surface area (Å²) in [5.41, 5.74) is 4.90. The first-order valence-electron chi connectivity index (χ1n) is 10.8. The predicted octanol–water partition coefficient (Wildman–Crippen LogP) is 6.81. The number of amides is 1. The fourth-order valence-corrected chi connectivity index (χ4v) is 4.11. The Hall–Kier alpha value is -4.32. The molecule has 5 rings (SSSR count). The van der Waals surface area contributed by atoms with Gasteiger partial charge < -0.3 is 9.67 Å². The van der Waals surface area contributed by atoms with Crippen LogP contribution in [-0.4, -0.2) is 20.6 Å². The molecule has 0 aliphatic rings. The lowest BCUT2D eigenvalue weighted by Gasteiger charge is -2.07. The van der Waals surface area contributed by atoms with E-state index in [1.165, 1.54) is 0 Å². The fraction of sp³-hybridized carbons (Fsp3) is 0.111. The molecule has 6 nitrogen and oxygen atoms in total. The van der Waals surface area contributed by atoms with Gasteiger partial charge in [-0.15, -0.1) is 10.2 Å². The average Bonchev–Trinajstić information content (AvgIpc) is 3.11. The zero-order valence-electron chi connectivity index (χ0n) is 18.4. The standard InChI is InChI=1S/C27H22N4O2/c1-3-31-24-14-13-17(2)15-21(24)25(27(31)33)29-30-26(32)20-16-23(18-9-5-4-6-10-18)28-22-12-8-7-11-19(20)22/h4-16,33H,3H2,1-2H3. The number of azo groups is 1. The van der Waals surface area contributed by atoms with Crippen LogP contribution in [0.3, 0.4) is 0 Å². The molecule has 0 aliphatic heterocycles. The minimum absolute atomic E-state index is 0.000731. The van der Waals surface area contributed by atoms with Gasteiger partial charge in [0.05, 0.1) is 22.3 Å². The van der Waals surface area contributed by atoms with Crippen molar-refractivity contribution in [3.8, 4) is 17.1 Å². The first-order valence-corrected chi connectivity index (χ1v) is 10.8. The molecule has 2 aromatic heterocycles. The third kappa shape index (κ3) is 3.65. The van der Waals surface area contributed by atoms with Crippen molar-refractivity contribution in [2.24, 2.45) is 10.2 Å². The Morgan fingerprint density at radius 3 is 2.52 bits per heavy atom. The summed E-state index contributed by atoms with van der Waals surface area (Å²) in [6.45, 7) is 4.49. The number of pyridine rings is 1. The van der Waals surface area contributed by atoms with Crippen LogP contribution in [-0.2, 0) is 6.54 Å². The quantitative estimate of drug-likeness (QED) is 0.315. The van der Waals surface area contributed by atoms with Crippen LogP contribution in [0.25, 0.3) is 33.1 Å². The maximum atomic E-state index is 13.2. The summed E-state index contributed by atoms with van der Waals surface area (Å²) in [5.74, 6) is -0.491. The van der Waals surface area contributed by atoms with Crippen LogP contribution in [0.5, 0.6) is 5.88 Å². The minimum atomic E-state index is -0.491. The molecular formula is C27H22N4O2. The normalized spacial score (nSPS) is 11.6. The molecule has 5 aromatic rings. The van der Waals surface area contributed by atoms with Gasteiger partial charge in [0, 0.05) is 22.9 Å². The topological polar surface area (TPSA) is 79.8 Å². The Morgan fingerprint density at radius 2 is 1.73 bits per heavy atom. The van der Waals surface area contributed by atoms with Crippen molar-refractivity contribution in [2.45, 2.75) is 20.4 Å². The minimum Gasteiger partial charge on any atom is -0.493 e. The molecule has 33 heavy (non-hydrogen) atoms. The van der Waals surface area contributed by atoms with Gasteiger partial charge in [-0.25, -0.2) is 4.98 Å². The number of benzene rings is 3. The average molecular weight is 434 g/mol. The second kappa shape index (κ2) is 8.31. The lowest BCUT2D eigenvalue weighted by molar-refractivity contribution is 0.0996. The van der Waals surface area contributed by atoms with Crippen molar-refractivity contribution < 1.29 is 9.90 Å². The molecule has 0 unspecified atom stereocenters.